The third-order valence-corrected chi connectivity index (χ3v) is 2.09. The Kier molecular flexibility index (Phi) is 14.2. The maximum Gasteiger partial charge on any atom is 0.488 e. The van der Waals surface area contributed by atoms with E-state index in [2.05, 4.69) is 11.4 Å². The van der Waals surface area contributed by atoms with E-state index in [1.165, 1.54) is 25.7 Å². The molecule has 4 N–H and O–H groups in total. The molecule has 1 atom stereocenters. The molecule has 0 spiro atoms. The lowest BCUT2D eigenvalue weighted by molar-refractivity contribution is -0.185. The van der Waals surface area contributed by atoms with Gasteiger partial charge >= 0.3 is 8.25 Å². The Morgan fingerprint density at radius 3 is 2.23 bits per heavy atom. The molecule has 5 heteroatoms. The molecule has 0 radical (unpaired) electrons. The monoisotopic (exact) mass is 210 g/mol. The smallest absolute Gasteiger partial charge is 0.488 e. The van der Waals surface area contributed by atoms with Gasteiger partial charge in [-0.1, -0.05) is 39.0 Å². The molecule has 0 aliphatic heterocycles. The normalized spacial score (nSPS) is 10.8. The number of quaternary nitrogens is 1. The third-order valence-electron chi connectivity index (χ3n) is 1.69. The summed E-state index contributed by atoms with van der Waals surface area (Å²) in [5.74, 6) is 0. The second-order valence-corrected chi connectivity index (χ2v) is 3.53. The zero-order valence-corrected chi connectivity index (χ0v) is 9.52. The summed E-state index contributed by atoms with van der Waals surface area (Å²) in [5, 5.41) is 0. The second-order valence-electron chi connectivity index (χ2n) is 2.82. The zero-order valence-electron chi connectivity index (χ0n) is 8.62. The maximum atomic E-state index is 9.95. The van der Waals surface area contributed by atoms with Crippen molar-refractivity contribution in [2.45, 2.75) is 45.4 Å². The molecule has 80 valence electrons. The van der Waals surface area contributed by atoms with E-state index >= 15 is 0 Å². The SMILES string of the molecule is CCCCCCCCO[P+](=O)[O-].[NH4+]. The topological polar surface area (TPSA) is 85.9 Å². The van der Waals surface area contributed by atoms with Crippen molar-refractivity contribution in [2.24, 2.45) is 0 Å². The first-order valence-corrected chi connectivity index (χ1v) is 5.64. The molecule has 1 unspecified atom stereocenters. The van der Waals surface area contributed by atoms with Crippen LogP contribution in [-0.2, 0) is 9.09 Å². The highest BCUT2D eigenvalue weighted by Crippen LogP contribution is 2.11. The molecular weight excluding hydrogens is 189 g/mol. The van der Waals surface area contributed by atoms with Gasteiger partial charge in [0.05, 0.1) is 0 Å². The van der Waals surface area contributed by atoms with Crippen molar-refractivity contribution in [3.05, 3.63) is 0 Å². The molecule has 0 bridgehead atoms. The van der Waals surface area contributed by atoms with E-state index in [1.807, 2.05) is 0 Å². The molecule has 0 aliphatic rings. The molecule has 0 saturated heterocycles. The minimum absolute atomic E-state index is 0. The Labute approximate surface area is 81.2 Å². The maximum absolute atomic E-state index is 9.95. The molecule has 0 aromatic heterocycles. The quantitative estimate of drug-likeness (QED) is 0.493. The Morgan fingerprint density at radius 1 is 1.15 bits per heavy atom. The molecule has 0 saturated carbocycles. The van der Waals surface area contributed by atoms with Crippen LogP contribution in [-0.4, -0.2) is 6.61 Å². The summed E-state index contributed by atoms with van der Waals surface area (Å²) >= 11 is 0. The summed E-state index contributed by atoms with van der Waals surface area (Å²) in [5.41, 5.74) is 0. The number of rotatable bonds is 8. The van der Waals surface area contributed by atoms with E-state index in [0.717, 1.165) is 12.8 Å². The van der Waals surface area contributed by atoms with Gasteiger partial charge in [-0.2, -0.15) is 0 Å². The second kappa shape index (κ2) is 12.0. The lowest BCUT2D eigenvalue weighted by Crippen LogP contribution is -1.93. The molecule has 0 aromatic rings. The fraction of sp³-hybridized carbons (Fsp3) is 1.00. The van der Waals surface area contributed by atoms with Crippen LogP contribution in [0.5, 0.6) is 0 Å². The van der Waals surface area contributed by atoms with Crippen molar-refractivity contribution >= 4 is 8.25 Å². The van der Waals surface area contributed by atoms with Crippen LogP contribution >= 0.6 is 8.25 Å². The van der Waals surface area contributed by atoms with E-state index in [0.29, 0.717) is 6.61 Å². The van der Waals surface area contributed by atoms with E-state index < -0.39 is 8.25 Å². The molecular formula is C8H21NO3P+. The molecule has 13 heavy (non-hydrogen) atoms. The first-order valence-electron chi connectivity index (χ1n) is 4.54. The van der Waals surface area contributed by atoms with E-state index in [1.54, 1.807) is 0 Å². The third kappa shape index (κ3) is 14.8. The Balaban J connectivity index is 0. The van der Waals surface area contributed by atoms with E-state index in [-0.39, 0.29) is 6.15 Å². The van der Waals surface area contributed by atoms with Crippen LogP contribution in [0.3, 0.4) is 0 Å². The average Bonchev–Trinajstić information content (AvgIpc) is 2.02. The van der Waals surface area contributed by atoms with Crippen molar-refractivity contribution in [3.8, 4) is 0 Å². The first kappa shape index (κ1) is 15.5. The van der Waals surface area contributed by atoms with Crippen molar-refractivity contribution in [1.29, 1.82) is 0 Å². The summed E-state index contributed by atoms with van der Waals surface area (Å²) in [6.07, 6.45) is 6.88. The van der Waals surface area contributed by atoms with Gasteiger partial charge in [0, 0.05) is 0 Å². The largest absolute Gasteiger partial charge is 0.566 e. The summed E-state index contributed by atoms with van der Waals surface area (Å²) in [6, 6.07) is 0. The Bertz CT molecular complexity index is 122. The molecule has 0 aliphatic carbocycles. The molecule has 0 fully saturated rings. The average molecular weight is 210 g/mol. The van der Waals surface area contributed by atoms with Gasteiger partial charge in [0.25, 0.3) is 0 Å². The van der Waals surface area contributed by atoms with E-state index in [9.17, 15) is 9.46 Å². The van der Waals surface area contributed by atoms with Crippen LogP contribution in [0.4, 0.5) is 0 Å². The predicted octanol–water partition coefficient (Wildman–Crippen LogP) is 2.76. The zero-order chi connectivity index (χ0) is 9.23. The van der Waals surface area contributed by atoms with Crippen LogP contribution in [0.15, 0.2) is 0 Å². The predicted molar refractivity (Wildman–Crippen MR) is 52.9 cm³/mol. The van der Waals surface area contributed by atoms with Crippen LogP contribution in [0, 0.1) is 0 Å². The number of hydrogen-bond donors (Lipinski definition) is 1. The molecule has 0 aromatic carbocycles. The first-order chi connectivity index (χ1) is 5.77. The van der Waals surface area contributed by atoms with Gasteiger partial charge in [-0.25, -0.2) is 0 Å². The van der Waals surface area contributed by atoms with Gasteiger partial charge in [-0.05, 0) is 11.0 Å². The van der Waals surface area contributed by atoms with Gasteiger partial charge < -0.3 is 11.0 Å². The van der Waals surface area contributed by atoms with Gasteiger partial charge in [-0.15, -0.1) is 4.52 Å². The highest BCUT2D eigenvalue weighted by molar-refractivity contribution is 7.30. The standard InChI is InChI=1S/C8H17O3P.H3N/c1-2-3-4-5-6-7-8-11-12(9)10;/h2-8H2,1H3;1H3/p+1. The van der Waals surface area contributed by atoms with E-state index in [4.69, 9.17) is 0 Å². The van der Waals surface area contributed by atoms with Gasteiger partial charge in [0.1, 0.15) is 6.61 Å². The summed E-state index contributed by atoms with van der Waals surface area (Å²) in [6.45, 7) is 2.52. The van der Waals surface area contributed by atoms with Crippen LogP contribution in [0.25, 0.3) is 0 Å². The van der Waals surface area contributed by atoms with Gasteiger partial charge in [0.15, 0.2) is 0 Å². The minimum Gasteiger partial charge on any atom is -0.566 e. The lowest BCUT2D eigenvalue weighted by Gasteiger charge is -1.97. The molecule has 4 nitrogen and oxygen atoms in total. The van der Waals surface area contributed by atoms with Gasteiger partial charge in [0.2, 0.25) is 0 Å². The Hall–Kier alpha value is -0.0200. The highest BCUT2D eigenvalue weighted by atomic mass is 31.1. The van der Waals surface area contributed by atoms with Crippen LogP contribution < -0.4 is 11.0 Å². The summed E-state index contributed by atoms with van der Waals surface area (Å²) in [4.78, 5) is 9.95. The summed E-state index contributed by atoms with van der Waals surface area (Å²) < 4.78 is 14.4. The van der Waals surface area contributed by atoms with Crippen molar-refractivity contribution in [3.63, 3.8) is 0 Å². The molecule has 0 rings (SSSR count). The fourth-order valence-corrected chi connectivity index (χ4v) is 1.30. The molecule has 0 heterocycles. The van der Waals surface area contributed by atoms with Gasteiger partial charge in [-0.3, -0.25) is 0 Å². The number of hydrogen-bond acceptors (Lipinski definition) is 3. The molecule has 0 amide bonds. The Morgan fingerprint density at radius 2 is 1.69 bits per heavy atom. The summed E-state index contributed by atoms with van der Waals surface area (Å²) in [7, 11) is -2.63. The fourth-order valence-electron chi connectivity index (χ4n) is 1.02. The van der Waals surface area contributed by atoms with Crippen LogP contribution in [0.1, 0.15) is 45.4 Å². The highest BCUT2D eigenvalue weighted by Gasteiger charge is 1.99. The van der Waals surface area contributed by atoms with Crippen LogP contribution in [0.2, 0.25) is 0 Å². The minimum atomic E-state index is -2.63. The van der Waals surface area contributed by atoms with Crippen molar-refractivity contribution in [1.82, 2.24) is 6.15 Å². The lowest BCUT2D eigenvalue weighted by atomic mass is 10.1. The van der Waals surface area contributed by atoms with Crippen molar-refractivity contribution < 1.29 is 14.0 Å². The number of unbranched alkanes of at least 4 members (excludes halogenated alkanes) is 5. The van der Waals surface area contributed by atoms with Crippen molar-refractivity contribution in [2.75, 3.05) is 6.61 Å².